The Morgan fingerprint density at radius 1 is 1.06 bits per heavy atom. The molecule has 0 saturated heterocycles. The summed E-state index contributed by atoms with van der Waals surface area (Å²) in [5, 5.41) is 7.74. The van der Waals surface area contributed by atoms with Gasteiger partial charge in [-0.2, -0.15) is 5.10 Å². The van der Waals surface area contributed by atoms with E-state index in [2.05, 4.69) is 5.32 Å². The number of aromatic nitrogens is 2. The molecule has 0 unspecified atom stereocenters. The number of hydrogen-bond donors (Lipinski definition) is 1. The van der Waals surface area contributed by atoms with E-state index in [4.69, 9.17) is 9.84 Å². The van der Waals surface area contributed by atoms with Crippen LogP contribution in [-0.2, 0) is 12.8 Å². The first-order valence-electron chi connectivity index (χ1n) is 10.9. The monoisotopic (exact) mass is 441 g/mol. The minimum absolute atomic E-state index is 0.197. The molecule has 4 aromatic rings. The number of aryl methyl sites for hydroxylation is 2. The third-order valence-corrected chi connectivity index (χ3v) is 6.25. The summed E-state index contributed by atoms with van der Waals surface area (Å²) in [5.74, 6) is 0.171. The number of nitrogens with zero attached hydrogens (tertiary/aromatic N) is 2. The predicted molar refractivity (Wildman–Crippen MR) is 127 cm³/mol. The molecular weight excluding hydrogens is 417 g/mol. The first kappa shape index (κ1) is 20.9. The summed E-state index contributed by atoms with van der Waals surface area (Å²) < 4.78 is 21.1. The number of fused-ring (bicyclic) bond motifs is 3. The van der Waals surface area contributed by atoms with Crippen molar-refractivity contribution >= 4 is 11.6 Å². The molecule has 0 atom stereocenters. The second kappa shape index (κ2) is 8.20. The average molecular weight is 442 g/mol. The molecule has 1 amide bonds. The number of methoxy groups -OCH3 is 1. The Labute approximate surface area is 191 Å². The molecule has 1 N–H and O–H groups in total. The van der Waals surface area contributed by atoms with Crippen molar-refractivity contribution in [3.8, 4) is 22.7 Å². The van der Waals surface area contributed by atoms with E-state index in [0.717, 1.165) is 40.9 Å². The third kappa shape index (κ3) is 3.67. The average Bonchev–Trinajstić information content (AvgIpc) is 3.16. The second-order valence-corrected chi connectivity index (χ2v) is 8.26. The molecule has 5 nitrogen and oxygen atoms in total. The summed E-state index contributed by atoms with van der Waals surface area (Å²) in [6.07, 6.45) is 1.76. The number of carbonyl (C=O) groups is 1. The van der Waals surface area contributed by atoms with Crippen LogP contribution in [0.4, 0.5) is 10.1 Å². The van der Waals surface area contributed by atoms with Gasteiger partial charge >= 0.3 is 0 Å². The fourth-order valence-corrected chi connectivity index (χ4v) is 4.56. The quantitative estimate of drug-likeness (QED) is 0.445. The first-order chi connectivity index (χ1) is 16.0. The molecule has 6 heteroatoms. The van der Waals surface area contributed by atoms with Crippen LogP contribution in [0, 0.1) is 19.7 Å². The SMILES string of the molecule is COc1cccc(C(=O)Nc2ccc3c(c2)-c2c(c(C)nn2-c2cccc(F)c2)CC3)c1C. The maximum Gasteiger partial charge on any atom is 0.256 e. The summed E-state index contributed by atoms with van der Waals surface area (Å²) in [7, 11) is 1.59. The van der Waals surface area contributed by atoms with Crippen LogP contribution in [0.1, 0.15) is 32.7 Å². The molecule has 0 spiro atoms. The summed E-state index contributed by atoms with van der Waals surface area (Å²) in [4.78, 5) is 13.0. The molecule has 5 rings (SSSR count). The van der Waals surface area contributed by atoms with Crippen LogP contribution >= 0.6 is 0 Å². The predicted octanol–water partition coefficient (Wildman–Crippen LogP) is 5.65. The van der Waals surface area contributed by atoms with E-state index in [1.54, 1.807) is 25.3 Å². The molecular formula is C27H24FN3O2. The fraction of sp³-hybridized carbons (Fsp3) is 0.185. The van der Waals surface area contributed by atoms with E-state index < -0.39 is 0 Å². The van der Waals surface area contributed by atoms with Crippen molar-refractivity contribution in [3.05, 3.63) is 94.4 Å². The standard InChI is InChI=1S/C27H24FN3O2/c1-16-22(8-5-9-25(16)33-3)27(32)29-20-12-10-18-11-13-23-17(2)30-31(26(23)24(18)15-20)21-7-4-6-19(28)14-21/h4-10,12,14-15H,11,13H2,1-3H3,(H,29,32). The normalized spacial score (nSPS) is 12.1. The lowest BCUT2D eigenvalue weighted by molar-refractivity contribution is 0.102. The van der Waals surface area contributed by atoms with Crippen LogP contribution in [0.5, 0.6) is 5.75 Å². The maximum absolute atomic E-state index is 13.9. The lowest BCUT2D eigenvalue weighted by atomic mass is 9.88. The van der Waals surface area contributed by atoms with Gasteiger partial charge in [-0.15, -0.1) is 0 Å². The zero-order valence-corrected chi connectivity index (χ0v) is 18.8. The number of amides is 1. The number of benzene rings is 3. The van der Waals surface area contributed by atoms with Crippen LogP contribution in [0.3, 0.4) is 0 Å². The molecule has 0 saturated carbocycles. The Morgan fingerprint density at radius 3 is 2.67 bits per heavy atom. The van der Waals surface area contributed by atoms with E-state index in [9.17, 15) is 9.18 Å². The number of ether oxygens (including phenoxy) is 1. The van der Waals surface area contributed by atoms with Gasteiger partial charge in [-0.25, -0.2) is 9.07 Å². The summed E-state index contributed by atoms with van der Waals surface area (Å²) in [6, 6.07) is 17.8. The first-order valence-corrected chi connectivity index (χ1v) is 10.9. The van der Waals surface area contributed by atoms with Gasteiger partial charge in [0.05, 0.1) is 24.2 Å². The molecule has 0 fully saturated rings. The van der Waals surface area contributed by atoms with Gasteiger partial charge in [0.2, 0.25) is 0 Å². The minimum atomic E-state index is -0.305. The molecule has 33 heavy (non-hydrogen) atoms. The molecule has 1 aromatic heterocycles. The van der Waals surface area contributed by atoms with Crippen LogP contribution in [0.15, 0.2) is 60.7 Å². The summed E-state index contributed by atoms with van der Waals surface area (Å²) in [6.45, 7) is 3.85. The van der Waals surface area contributed by atoms with E-state index >= 15 is 0 Å². The van der Waals surface area contributed by atoms with Crippen LogP contribution in [0.2, 0.25) is 0 Å². The molecule has 166 valence electrons. The van der Waals surface area contributed by atoms with Crippen molar-refractivity contribution in [1.82, 2.24) is 9.78 Å². The van der Waals surface area contributed by atoms with Gasteiger partial charge in [-0.1, -0.05) is 18.2 Å². The van der Waals surface area contributed by atoms with E-state index in [1.165, 1.54) is 17.7 Å². The fourth-order valence-electron chi connectivity index (χ4n) is 4.56. The van der Waals surface area contributed by atoms with Crippen LogP contribution in [0.25, 0.3) is 16.9 Å². The lowest BCUT2D eigenvalue weighted by Gasteiger charge is -2.20. The Hall–Kier alpha value is -3.93. The van der Waals surface area contributed by atoms with Gasteiger partial charge < -0.3 is 10.1 Å². The smallest absolute Gasteiger partial charge is 0.256 e. The highest BCUT2D eigenvalue weighted by Gasteiger charge is 2.25. The van der Waals surface area contributed by atoms with Gasteiger partial charge in [0, 0.05) is 27.9 Å². The van der Waals surface area contributed by atoms with Gasteiger partial charge in [-0.05, 0) is 74.7 Å². The van der Waals surface area contributed by atoms with E-state index in [0.29, 0.717) is 22.7 Å². The Bertz CT molecular complexity index is 1390. The van der Waals surface area contributed by atoms with Crippen molar-refractivity contribution < 1.29 is 13.9 Å². The number of rotatable bonds is 4. The number of nitrogens with one attached hydrogen (secondary N) is 1. The topological polar surface area (TPSA) is 56.1 Å². The highest BCUT2D eigenvalue weighted by atomic mass is 19.1. The summed E-state index contributed by atoms with van der Waals surface area (Å²) in [5.41, 5.74) is 7.93. The zero-order valence-electron chi connectivity index (χ0n) is 18.8. The highest BCUT2D eigenvalue weighted by Crippen LogP contribution is 2.38. The van der Waals surface area contributed by atoms with Gasteiger partial charge in [0.1, 0.15) is 11.6 Å². The lowest BCUT2D eigenvalue weighted by Crippen LogP contribution is -2.14. The number of hydrogen-bond acceptors (Lipinski definition) is 3. The molecule has 0 radical (unpaired) electrons. The van der Waals surface area contributed by atoms with Crippen molar-refractivity contribution in [1.29, 1.82) is 0 Å². The number of anilines is 1. The molecule has 0 aliphatic heterocycles. The van der Waals surface area contributed by atoms with Crippen molar-refractivity contribution in [2.45, 2.75) is 26.7 Å². The minimum Gasteiger partial charge on any atom is -0.496 e. The Morgan fingerprint density at radius 2 is 1.88 bits per heavy atom. The van der Waals surface area contributed by atoms with Gasteiger partial charge in [-0.3, -0.25) is 4.79 Å². The van der Waals surface area contributed by atoms with Gasteiger partial charge in [0.25, 0.3) is 5.91 Å². The molecule has 0 bridgehead atoms. The van der Waals surface area contributed by atoms with Crippen LogP contribution in [-0.4, -0.2) is 22.8 Å². The number of carbonyl (C=O) groups excluding carboxylic acids is 1. The molecule has 1 heterocycles. The van der Waals surface area contributed by atoms with Crippen molar-refractivity contribution in [2.24, 2.45) is 0 Å². The van der Waals surface area contributed by atoms with E-state index in [1.807, 2.05) is 48.9 Å². The van der Waals surface area contributed by atoms with Gasteiger partial charge in [0.15, 0.2) is 0 Å². The van der Waals surface area contributed by atoms with Crippen molar-refractivity contribution in [2.75, 3.05) is 12.4 Å². The van der Waals surface area contributed by atoms with Crippen LogP contribution < -0.4 is 10.1 Å². The second-order valence-electron chi connectivity index (χ2n) is 8.26. The highest BCUT2D eigenvalue weighted by molar-refractivity contribution is 6.06. The molecule has 3 aromatic carbocycles. The summed E-state index contributed by atoms with van der Waals surface area (Å²) >= 11 is 0. The zero-order chi connectivity index (χ0) is 23.1. The maximum atomic E-state index is 13.9. The molecule has 1 aliphatic rings. The number of halogens is 1. The third-order valence-electron chi connectivity index (χ3n) is 6.25. The van der Waals surface area contributed by atoms with E-state index in [-0.39, 0.29) is 11.7 Å². The van der Waals surface area contributed by atoms with Crippen molar-refractivity contribution in [3.63, 3.8) is 0 Å². The Balaban J connectivity index is 1.55. The largest absolute Gasteiger partial charge is 0.496 e. The molecule has 1 aliphatic carbocycles. The Kier molecular flexibility index (Phi) is 5.21.